The van der Waals surface area contributed by atoms with E-state index in [1.165, 1.54) is 16.3 Å². The highest BCUT2D eigenvalue weighted by atomic mass is 32.2. The molecule has 2 heterocycles. The zero-order valence-electron chi connectivity index (χ0n) is 12.0. The average molecular weight is 319 g/mol. The van der Waals surface area contributed by atoms with Crippen LogP contribution < -0.4 is 11.4 Å². The molecule has 0 atom stereocenters. The first kappa shape index (κ1) is 15.1. The maximum absolute atomic E-state index is 12.2. The summed E-state index contributed by atoms with van der Waals surface area (Å²) in [5.74, 6) is 0.657. The Kier molecular flexibility index (Phi) is 4.74. The number of hydrogen-bond donors (Lipinski definition) is 1. The minimum atomic E-state index is -0.480. The van der Waals surface area contributed by atoms with Crippen molar-refractivity contribution in [2.75, 3.05) is 13.2 Å². The third-order valence-corrected chi connectivity index (χ3v) is 4.55. The van der Waals surface area contributed by atoms with E-state index in [9.17, 15) is 9.59 Å². The highest BCUT2D eigenvalue weighted by Gasteiger charge is 2.20. The molecule has 0 saturated carbocycles. The van der Waals surface area contributed by atoms with E-state index in [-0.39, 0.29) is 11.7 Å². The lowest BCUT2D eigenvalue weighted by molar-refractivity contribution is 0.0668. The van der Waals surface area contributed by atoms with Gasteiger partial charge in [-0.25, -0.2) is 14.2 Å². The molecular formula is C15H17N3O3S. The summed E-state index contributed by atoms with van der Waals surface area (Å²) in [5, 5.41) is 0.363. The highest BCUT2D eigenvalue weighted by Crippen LogP contribution is 2.19. The maximum Gasteiger partial charge on any atom is 0.354 e. The molecule has 0 aliphatic carbocycles. The lowest BCUT2D eigenvalue weighted by Crippen LogP contribution is -2.41. The molecular weight excluding hydrogens is 302 g/mol. The molecule has 0 radical (unpaired) electrons. The van der Waals surface area contributed by atoms with Gasteiger partial charge in [-0.05, 0) is 18.4 Å². The van der Waals surface area contributed by atoms with Gasteiger partial charge in [0, 0.05) is 25.0 Å². The van der Waals surface area contributed by atoms with Crippen molar-refractivity contribution in [2.45, 2.75) is 29.8 Å². The van der Waals surface area contributed by atoms with Crippen LogP contribution in [-0.2, 0) is 10.5 Å². The van der Waals surface area contributed by atoms with Crippen LogP contribution in [0.5, 0.6) is 0 Å². The Bertz CT molecular complexity index is 704. The van der Waals surface area contributed by atoms with Gasteiger partial charge in [0.25, 0.3) is 0 Å². The first-order chi connectivity index (χ1) is 10.7. The van der Waals surface area contributed by atoms with Crippen molar-refractivity contribution >= 4 is 11.8 Å². The van der Waals surface area contributed by atoms with Crippen LogP contribution >= 0.6 is 11.8 Å². The fourth-order valence-corrected chi connectivity index (χ4v) is 3.26. The molecule has 7 heteroatoms. The van der Waals surface area contributed by atoms with E-state index >= 15 is 0 Å². The molecule has 22 heavy (non-hydrogen) atoms. The summed E-state index contributed by atoms with van der Waals surface area (Å²) in [6, 6.07) is 9.72. The fraction of sp³-hybridized carbons (Fsp3) is 0.400. The van der Waals surface area contributed by atoms with Gasteiger partial charge in [-0.3, -0.25) is 4.98 Å². The Morgan fingerprint density at radius 3 is 2.64 bits per heavy atom. The first-order valence-corrected chi connectivity index (χ1v) is 8.20. The van der Waals surface area contributed by atoms with Gasteiger partial charge < -0.3 is 4.74 Å². The predicted octanol–water partition coefficient (Wildman–Crippen LogP) is 1.58. The van der Waals surface area contributed by atoms with Gasteiger partial charge in [-0.1, -0.05) is 42.1 Å². The van der Waals surface area contributed by atoms with E-state index in [0.29, 0.717) is 37.0 Å². The number of H-pyrrole nitrogens is 1. The standard InChI is InChI=1S/C15H17N3O3S/c19-14-16-13(22-10-11-4-2-1-3-5-11)17-15(20)18(14)12-6-8-21-9-7-12/h1-5,12H,6-10H2,(H,16,17,19,20). The predicted molar refractivity (Wildman–Crippen MR) is 84.2 cm³/mol. The molecule has 1 saturated heterocycles. The van der Waals surface area contributed by atoms with Crippen molar-refractivity contribution in [1.82, 2.24) is 14.5 Å². The zero-order chi connectivity index (χ0) is 15.4. The molecule has 0 unspecified atom stereocenters. The van der Waals surface area contributed by atoms with Crippen molar-refractivity contribution < 1.29 is 4.74 Å². The molecule has 0 bridgehead atoms. The Labute approximate surface area is 131 Å². The summed E-state index contributed by atoms with van der Waals surface area (Å²) < 4.78 is 6.48. The van der Waals surface area contributed by atoms with Crippen molar-refractivity contribution in [2.24, 2.45) is 0 Å². The van der Waals surface area contributed by atoms with Crippen LogP contribution in [0.2, 0.25) is 0 Å². The third kappa shape index (κ3) is 3.48. The zero-order valence-corrected chi connectivity index (χ0v) is 12.8. The van der Waals surface area contributed by atoms with E-state index in [4.69, 9.17) is 4.74 Å². The van der Waals surface area contributed by atoms with Crippen molar-refractivity contribution in [3.63, 3.8) is 0 Å². The third-order valence-electron chi connectivity index (χ3n) is 3.61. The summed E-state index contributed by atoms with van der Waals surface area (Å²) in [6.45, 7) is 1.14. The Morgan fingerprint density at radius 1 is 1.23 bits per heavy atom. The first-order valence-electron chi connectivity index (χ1n) is 7.21. The quantitative estimate of drug-likeness (QED) is 0.866. The number of hydrogen-bond acceptors (Lipinski definition) is 5. The van der Waals surface area contributed by atoms with E-state index in [1.54, 1.807) is 0 Å². The van der Waals surface area contributed by atoms with Crippen LogP contribution in [0.15, 0.2) is 45.1 Å². The summed E-state index contributed by atoms with van der Waals surface area (Å²) >= 11 is 1.35. The lowest BCUT2D eigenvalue weighted by Gasteiger charge is -2.22. The molecule has 0 spiro atoms. The van der Waals surface area contributed by atoms with Crippen LogP contribution in [0.25, 0.3) is 0 Å². The Balaban J connectivity index is 1.77. The second-order valence-corrected chi connectivity index (χ2v) is 6.08. The minimum Gasteiger partial charge on any atom is -0.381 e. The van der Waals surface area contributed by atoms with Gasteiger partial charge in [0.1, 0.15) is 0 Å². The topological polar surface area (TPSA) is 77.0 Å². The van der Waals surface area contributed by atoms with Gasteiger partial charge in [0.2, 0.25) is 0 Å². The summed E-state index contributed by atoms with van der Waals surface area (Å²) in [7, 11) is 0. The molecule has 1 aliphatic heterocycles. The van der Waals surface area contributed by atoms with Gasteiger partial charge in [-0.2, -0.15) is 4.98 Å². The number of thioether (sulfide) groups is 1. The van der Waals surface area contributed by atoms with E-state index in [0.717, 1.165) is 5.56 Å². The normalized spacial score (nSPS) is 15.8. The summed E-state index contributed by atoms with van der Waals surface area (Å²) in [6.07, 6.45) is 1.34. The van der Waals surface area contributed by atoms with Crippen LogP contribution in [-0.4, -0.2) is 27.7 Å². The van der Waals surface area contributed by atoms with E-state index in [2.05, 4.69) is 9.97 Å². The Hall–Kier alpha value is -1.86. The molecule has 1 N–H and O–H groups in total. The number of nitrogens with one attached hydrogen (secondary N) is 1. The van der Waals surface area contributed by atoms with Crippen LogP contribution in [0.4, 0.5) is 0 Å². The monoisotopic (exact) mass is 319 g/mol. The number of aromatic nitrogens is 3. The second-order valence-electron chi connectivity index (χ2n) is 5.12. The number of nitrogens with zero attached hydrogens (tertiary/aromatic N) is 2. The van der Waals surface area contributed by atoms with Gasteiger partial charge in [0.05, 0.1) is 0 Å². The maximum atomic E-state index is 12.2. The number of rotatable bonds is 4. The van der Waals surface area contributed by atoms with Crippen molar-refractivity contribution in [3.8, 4) is 0 Å². The molecule has 116 valence electrons. The van der Waals surface area contributed by atoms with Crippen LogP contribution in [0.1, 0.15) is 24.4 Å². The number of benzene rings is 1. The molecule has 1 aromatic carbocycles. The van der Waals surface area contributed by atoms with Crippen molar-refractivity contribution in [3.05, 3.63) is 56.9 Å². The van der Waals surface area contributed by atoms with Crippen LogP contribution in [0, 0.1) is 0 Å². The molecule has 2 aromatic rings. The molecule has 1 fully saturated rings. The van der Waals surface area contributed by atoms with Crippen LogP contribution in [0.3, 0.4) is 0 Å². The van der Waals surface area contributed by atoms with E-state index < -0.39 is 5.69 Å². The SMILES string of the molecule is O=c1nc(SCc2ccccc2)[nH]c(=O)n1C1CCOCC1. The van der Waals surface area contributed by atoms with Crippen molar-refractivity contribution in [1.29, 1.82) is 0 Å². The minimum absolute atomic E-state index is 0.120. The highest BCUT2D eigenvalue weighted by molar-refractivity contribution is 7.98. The lowest BCUT2D eigenvalue weighted by atomic mass is 10.1. The van der Waals surface area contributed by atoms with E-state index in [1.807, 2.05) is 30.3 Å². The largest absolute Gasteiger partial charge is 0.381 e. The smallest absolute Gasteiger partial charge is 0.354 e. The summed E-state index contributed by atoms with van der Waals surface area (Å²) in [4.78, 5) is 31.0. The van der Waals surface area contributed by atoms with Gasteiger partial charge in [-0.15, -0.1) is 0 Å². The molecule has 1 aliphatic rings. The fourth-order valence-electron chi connectivity index (χ4n) is 2.47. The molecule has 6 nitrogen and oxygen atoms in total. The molecule has 1 aromatic heterocycles. The summed E-state index contributed by atoms with van der Waals surface area (Å²) in [5.41, 5.74) is 0.248. The molecule has 0 amide bonds. The number of aromatic amines is 1. The average Bonchev–Trinajstić information content (AvgIpc) is 2.54. The Morgan fingerprint density at radius 2 is 1.95 bits per heavy atom. The molecule has 3 rings (SSSR count). The number of ether oxygens (including phenoxy) is 1. The van der Waals surface area contributed by atoms with Gasteiger partial charge >= 0.3 is 11.4 Å². The van der Waals surface area contributed by atoms with Gasteiger partial charge in [0.15, 0.2) is 5.16 Å². The second kappa shape index (κ2) is 6.93.